The van der Waals surface area contributed by atoms with Crippen molar-refractivity contribution in [1.29, 1.82) is 0 Å². The summed E-state index contributed by atoms with van der Waals surface area (Å²) in [5.74, 6) is 1.57. The average molecular weight is 277 g/mol. The standard InChI is InChI=1S/C17H27NO2/c1-4-6-7-15(5-2)13-20-17-10-8-16(9-11-17)12-14(3)18-19/h8-11,15,19H,4-7,12-13H2,1-3H3/b18-14+. The lowest BCUT2D eigenvalue weighted by atomic mass is 10.0. The fourth-order valence-electron chi connectivity index (χ4n) is 2.15. The summed E-state index contributed by atoms with van der Waals surface area (Å²) in [5, 5.41) is 11.8. The van der Waals surface area contributed by atoms with E-state index in [0.717, 1.165) is 17.9 Å². The summed E-state index contributed by atoms with van der Waals surface area (Å²) >= 11 is 0. The highest BCUT2D eigenvalue weighted by Crippen LogP contribution is 2.17. The molecule has 0 saturated carbocycles. The Labute approximate surface area is 122 Å². The average Bonchev–Trinajstić information content (AvgIpc) is 2.49. The lowest BCUT2D eigenvalue weighted by molar-refractivity contribution is 0.233. The van der Waals surface area contributed by atoms with E-state index in [1.54, 1.807) is 0 Å². The summed E-state index contributed by atoms with van der Waals surface area (Å²) < 4.78 is 5.86. The van der Waals surface area contributed by atoms with E-state index in [2.05, 4.69) is 19.0 Å². The molecule has 0 fully saturated rings. The van der Waals surface area contributed by atoms with E-state index in [0.29, 0.717) is 18.1 Å². The number of benzene rings is 1. The molecule has 0 saturated heterocycles. The number of ether oxygens (including phenoxy) is 1. The fourth-order valence-corrected chi connectivity index (χ4v) is 2.15. The first-order valence-electron chi connectivity index (χ1n) is 7.58. The van der Waals surface area contributed by atoms with Gasteiger partial charge in [-0.05, 0) is 37.0 Å². The minimum Gasteiger partial charge on any atom is -0.493 e. The summed E-state index contributed by atoms with van der Waals surface area (Å²) in [7, 11) is 0. The molecular formula is C17H27NO2. The van der Waals surface area contributed by atoms with Crippen LogP contribution >= 0.6 is 0 Å². The van der Waals surface area contributed by atoms with Gasteiger partial charge in [0.1, 0.15) is 5.75 Å². The lowest BCUT2D eigenvalue weighted by Gasteiger charge is -2.15. The highest BCUT2D eigenvalue weighted by atomic mass is 16.5. The van der Waals surface area contributed by atoms with Crippen LogP contribution < -0.4 is 4.74 Å². The van der Waals surface area contributed by atoms with Crippen LogP contribution in [0.15, 0.2) is 29.4 Å². The van der Waals surface area contributed by atoms with Crippen molar-refractivity contribution in [3.63, 3.8) is 0 Å². The molecule has 20 heavy (non-hydrogen) atoms. The largest absolute Gasteiger partial charge is 0.493 e. The minimum atomic E-state index is 0.651. The molecule has 1 N–H and O–H groups in total. The zero-order chi connectivity index (χ0) is 14.8. The molecule has 3 nitrogen and oxygen atoms in total. The van der Waals surface area contributed by atoms with Gasteiger partial charge in [0.15, 0.2) is 0 Å². The van der Waals surface area contributed by atoms with Gasteiger partial charge in [-0.3, -0.25) is 0 Å². The van der Waals surface area contributed by atoms with Crippen LogP contribution in [0.3, 0.4) is 0 Å². The van der Waals surface area contributed by atoms with Crippen LogP contribution in [-0.2, 0) is 6.42 Å². The highest BCUT2D eigenvalue weighted by Gasteiger charge is 2.07. The summed E-state index contributed by atoms with van der Waals surface area (Å²) in [4.78, 5) is 0. The predicted molar refractivity (Wildman–Crippen MR) is 83.8 cm³/mol. The quantitative estimate of drug-likeness (QED) is 0.405. The van der Waals surface area contributed by atoms with Gasteiger partial charge in [0.05, 0.1) is 12.3 Å². The molecule has 0 spiro atoms. The van der Waals surface area contributed by atoms with Crippen LogP contribution in [0.5, 0.6) is 5.75 Å². The van der Waals surface area contributed by atoms with E-state index in [1.807, 2.05) is 31.2 Å². The van der Waals surface area contributed by atoms with E-state index in [4.69, 9.17) is 9.94 Å². The zero-order valence-corrected chi connectivity index (χ0v) is 12.9. The van der Waals surface area contributed by atoms with Crippen molar-refractivity contribution in [2.75, 3.05) is 6.61 Å². The van der Waals surface area contributed by atoms with E-state index < -0.39 is 0 Å². The first-order chi connectivity index (χ1) is 9.69. The molecule has 1 rings (SSSR count). The van der Waals surface area contributed by atoms with Crippen LogP contribution in [0.25, 0.3) is 0 Å². The van der Waals surface area contributed by atoms with E-state index in [9.17, 15) is 0 Å². The lowest BCUT2D eigenvalue weighted by Crippen LogP contribution is -2.11. The second-order valence-corrected chi connectivity index (χ2v) is 5.38. The number of rotatable bonds is 9. The number of nitrogens with zero attached hydrogens (tertiary/aromatic N) is 1. The van der Waals surface area contributed by atoms with Crippen LogP contribution in [-0.4, -0.2) is 17.5 Å². The summed E-state index contributed by atoms with van der Waals surface area (Å²) in [6.45, 7) is 7.06. The minimum absolute atomic E-state index is 0.651. The van der Waals surface area contributed by atoms with E-state index in [-0.39, 0.29) is 0 Å². The van der Waals surface area contributed by atoms with Crippen molar-refractivity contribution >= 4 is 5.71 Å². The van der Waals surface area contributed by atoms with Crippen LogP contribution in [0, 0.1) is 5.92 Å². The third-order valence-electron chi connectivity index (χ3n) is 3.58. The monoisotopic (exact) mass is 277 g/mol. The normalized spacial score (nSPS) is 13.2. The van der Waals surface area contributed by atoms with Crippen molar-refractivity contribution in [3.8, 4) is 5.75 Å². The first kappa shape index (κ1) is 16.5. The molecule has 0 aliphatic heterocycles. The molecule has 0 amide bonds. The Hall–Kier alpha value is -1.51. The maximum absolute atomic E-state index is 8.66. The molecule has 3 heteroatoms. The second kappa shape index (κ2) is 9.40. The van der Waals surface area contributed by atoms with Gasteiger partial charge >= 0.3 is 0 Å². The fraction of sp³-hybridized carbons (Fsp3) is 0.588. The number of hydrogen-bond donors (Lipinski definition) is 1. The summed E-state index contributed by atoms with van der Waals surface area (Å²) in [5.41, 5.74) is 1.84. The second-order valence-electron chi connectivity index (χ2n) is 5.38. The highest BCUT2D eigenvalue weighted by molar-refractivity contribution is 5.83. The molecule has 1 unspecified atom stereocenters. The van der Waals surface area contributed by atoms with E-state index in [1.165, 1.54) is 25.7 Å². The van der Waals surface area contributed by atoms with Crippen molar-refractivity contribution in [2.24, 2.45) is 11.1 Å². The van der Waals surface area contributed by atoms with E-state index >= 15 is 0 Å². The van der Waals surface area contributed by atoms with Gasteiger partial charge in [0.2, 0.25) is 0 Å². The Morgan fingerprint density at radius 3 is 2.50 bits per heavy atom. The van der Waals surface area contributed by atoms with Crippen LogP contribution in [0.1, 0.15) is 52.0 Å². The molecule has 0 radical (unpaired) electrons. The predicted octanol–water partition coefficient (Wildman–Crippen LogP) is 4.67. The summed E-state index contributed by atoms with van der Waals surface area (Å²) in [6.07, 6.45) is 5.61. The maximum atomic E-state index is 8.66. The zero-order valence-electron chi connectivity index (χ0n) is 12.9. The van der Waals surface area contributed by atoms with Crippen molar-refractivity contribution in [1.82, 2.24) is 0 Å². The molecular weight excluding hydrogens is 250 g/mol. The molecule has 1 atom stereocenters. The Balaban J connectivity index is 2.44. The molecule has 0 aromatic heterocycles. The SMILES string of the molecule is CCCCC(CC)COc1ccc(C/C(C)=N/O)cc1. The topological polar surface area (TPSA) is 41.8 Å². The third kappa shape index (κ3) is 6.09. The van der Waals surface area contributed by atoms with Gasteiger partial charge in [0, 0.05) is 6.42 Å². The molecule has 1 aromatic rings. The Bertz CT molecular complexity index is 398. The Morgan fingerprint density at radius 2 is 1.95 bits per heavy atom. The third-order valence-corrected chi connectivity index (χ3v) is 3.58. The number of oxime groups is 1. The molecule has 0 heterocycles. The first-order valence-corrected chi connectivity index (χ1v) is 7.58. The molecule has 0 bridgehead atoms. The number of unbranched alkanes of at least 4 members (excludes halogenated alkanes) is 1. The van der Waals surface area contributed by atoms with Gasteiger partial charge in [-0.25, -0.2) is 0 Å². The van der Waals surface area contributed by atoms with Crippen molar-refractivity contribution < 1.29 is 9.94 Å². The Morgan fingerprint density at radius 1 is 1.25 bits per heavy atom. The van der Waals surface area contributed by atoms with Gasteiger partial charge in [-0.2, -0.15) is 0 Å². The maximum Gasteiger partial charge on any atom is 0.119 e. The summed E-state index contributed by atoms with van der Waals surface area (Å²) in [6, 6.07) is 8.03. The molecule has 0 aliphatic carbocycles. The smallest absolute Gasteiger partial charge is 0.119 e. The van der Waals surface area contributed by atoms with Gasteiger partial charge < -0.3 is 9.94 Å². The van der Waals surface area contributed by atoms with Crippen LogP contribution in [0.4, 0.5) is 0 Å². The van der Waals surface area contributed by atoms with Crippen molar-refractivity contribution in [2.45, 2.75) is 52.9 Å². The van der Waals surface area contributed by atoms with Gasteiger partial charge in [0.25, 0.3) is 0 Å². The molecule has 1 aromatic carbocycles. The van der Waals surface area contributed by atoms with Crippen LogP contribution in [0.2, 0.25) is 0 Å². The Kier molecular flexibility index (Phi) is 7.78. The molecule has 112 valence electrons. The van der Waals surface area contributed by atoms with Gasteiger partial charge in [-0.15, -0.1) is 0 Å². The number of hydrogen-bond acceptors (Lipinski definition) is 3. The van der Waals surface area contributed by atoms with Gasteiger partial charge in [-0.1, -0.05) is 50.4 Å². The molecule has 0 aliphatic rings. The van der Waals surface area contributed by atoms with Crippen molar-refractivity contribution in [3.05, 3.63) is 29.8 Å².